The molecular formula is C21H23ClFN3O4S. The first kappa shape index (κ1) is 24.5. The minimum Gasteiger partial charge on any atom is -0.478 e. The van der Waals surface area contributed by atoms with E-state index in [4.69, 9.17) is 5.73 Å². The summed E-state index contributed by atoms with van der Waals surface area (Å²) in [6.07, 6.45) is 1.27. The van der Waals surface area contributed by atoms with E-state index in [1.54, 1.807) is 29.7 Å². The number of carboxylic acids is 1. The van der Waals surface area contributed by atoms with E-state index < -0.39 is 21.8 Å². The summed E-state index contributed by atoms with van der Waals surface area (Å²) in [5.41, 5.74) is 8.01. The third kappa shape index (κ3) is 4.80. The van der Waals surface area contributed by atoms with Gasteiger partial charge in [0.15, 0.2) is 0 Å². The van der Waals surface area contributed by atoms with Crippen molar-refractivity contribution in [3.8, 4) is 11.1 Å². The Hall–Kier alpha value is -2.72. The summed E-state index contributed by atoms with van der Waals surface area (Å²) in [5.74, 6) is -1.51. The standard InChI is InChI=1S/C21H22FN3O4S.ClH/c1-13-20(14-4-3-5-17(10-14)30(28,29)24-2)18-11-15(21(26)27)6-7-19(18)25(13)12-16(22)8-9-23;/h3-8,10-11,24H,9,12,23H2,1-2H3,(H,26,27);1H/b16-8-;. The van der Waals surface area contributed by atoms with Crippen LogP contribution in [0, 0.1) is 6.92 Å². The number of nitrogens with one attached hydrogen (secondary N) is 1. The minimum absolute atomic E-state index is 0. The van der Waals surface area contributed by atoms with Gasteiger partial charge in [0.05, 0.1) is 17.0 Å². The van der Waals surface area contributed by atoms with Crippen LogP contribution in [0.2, 0.25) is 0 Å². The van der Waals surface area contributed by atoms with E-state index in [9.17, 15) is 22.7 Å². The lowest BCUT2D eigenvalue weighted by Gasteiger charge is -2.09. The fourth-order valence-corrected chi connectivity index (χ4v) is 4.24. The molecule has 0 atom stereocenters. The second-order valence-corrected chi connectivity index (χ2v) is 8.59. The zero-order chi connectivity index (χ0) is 22.1. The molecule has 0 unspecified atom stereocenters. The van der Waals surface area contributed by atoms with Crippen LogP contribution in [-0.4, -0.2) is 37.7 Å². The van der Waals surface area contributed by atoms with Crippen LogP contribution in [0.25, 0.3) is 22.0 Å². The molecule has 0 aliphatic rings. The second kappa shape index (κ2) is 9.61. The molecule has 0 radical (unpaired) electrons. The summed E-state index contributed by atoms with van der Waals surface area (Å²) < 4.78 is 42.7. The number of benzene rings is 2. The summed E-state index contributed by atoms with van der Waals surface area (Å²) in [6, 6.07) is 10.9. The Kier molecular flexibility index (Phi) is 7.61. The average molecular weight is 468 g/mol. The molecular weight excluding hydrogens is 445 g/mol. The normalized spacial score (nSPS) is 12.1. The molecule has 1 heterocycles. The zero-order valence-electron chi connectivity index (χ0n) is 16.9. The van der Waals surface area contributed by atoms with Crippen molar-refractivity contribution in [1.82, 2.24) is 9.29 Å². The van der Waals surface area contributed by atoms with Gasteiger partial charge in [-0.2, -0.15) is 0 Å². The molecule has 4 N–H and O–H groups in total. The van der Waals surface area contributed by atoms with E-state index in [2.05, 4.69) is 4.72 Å². The lowest BCUT2D eigenvalue weighted by atomic mass is 10.0. The summed E-state index contributed by atoms with van der Waals surface area (Å²) in [4.78, 5) is 11.6. The molecule has 0 aliphatic heterocycles. The van der Waals surface area contributed by atoms with E-state index in [1.165, 1.54) is 37.4 Å². The highest BCUT2D eigenvalue weighted by Crippen LogP contribution is 2.36. The molecule has 0 saturated heterocycles. The highest BCUT2D eigenvalue weighted by molar-refractivity contribution is 7.89. The number of halogens is 2. The number of nitrogens with two attached hydrogens (primary N) is 1. The first-order chi connectivity index (χ1) is 14.2. The Morgan fingerprint density at radius 1 is 1.26 bits per heavy atom. The molecule has 3 aromatic rings. The van der Waals surface area contributed by atoms with Crippen LogP contribution in [0.5, 0.6) is 0 Å². The number of hydrogen-bond donors (Lipinski definition) is 3. The number of aromatic carboxylic acids is 1. The number of sulfonamides is 1. The average Bonchev–Trinajstić information content (AvgIpc) is 2.99. The fraction of sp³-hybridized carbons (Fsp3) is 0.190. The fourth-order valence-electron chi connectivity index (χ4n) is 3.46. The first-order valence-electron chi connectivity index (χ1n) is 9.14. The summed E-state index contributed by atoms with van der Waals surface area (Å²) in [6.45, 7) is 1.77. The van der Waals surface area contributed by atoms with Gasteiger partial charge in [-0.15, -0.1) is 12.4 Å². The molecule has 0 amide bonds. The van der Waals surface area contributed by atoms with Crippen molar-refractivity contribution < 1.29 is 22.7 Å². The number of rotatable bonds is 7. The van der Waals surface area contributed by atoms with Crippen LogP contribution in [-0.2, 0) is 16.6 Å². The molecule has 0 fully saturated rings. The van der Waals surface area contributed by atoms with Gasteiger partial charge in [-0.25, -0.2) is 22.3 Å². The van der Waals surface area contributed by atoms with Crippen LogP contribution in [0.3, 0.4) is 0 Å². The number of nitrogens with zero attached hydrogens (tertiary/aromatic N) is 1. The first-order valence-corrected chi connectivity index (χ1v) is 10.6. The zero-order valence-corrected chi connectivity index (χ0v) is 18.6. The Labute approximate surface area is 185 Å². The van der Waals surface area contributed by atoms with Gasteiger partial charge in [0.25, 0.3) is 0 Å². The summed E-state index contributed by atoms with van der Waals surface area (Å²) >= 11 is 0. The number of carboxylic acid groups (broad SMARTS) is 1. The monoisotopic (exact) mass is 467 g/mol. The minimum atomic E-state index is -3.67. The number of fused-ring (bicyclic) bond motifs is 1. The van der Waals surface area contributed by atoms with Crippen molar-refractivity contribution in [3.63, 3.8) is 0 Å². The molecule has 0 saturated carbocycles. The number of hydrogen-bond acceptors (Lipinski definition) is 4. The van der Waals surface area contributed by atoms with Crippen LogP contribution in [0.15, 0.2) is 59.3 Å². The van der Waals surface area contributed by atoms with Crippen molar-refractivity contribution in [1.29, 1.82) is 0 Å². The van der Waals surface area contributed by atoms with E-state index in [-0.39, 0.29) is 36.0 Å². The smallest absolute Gasteiger partial charge is 0.335 e. The quantitative estimate of drug-likeness (QED) is 0.492. The molecule has 0 spiro atoms. The topological polar surface area (TPSA) is 114 Å². The van der Waals surface area contributed by atoms with E-state index in [0.29, 0.717) is 27.7 Å². The highest BCUT2D eigenvalue weighted by atomic mass is 35.5. The van der Waals surface area contributed by atoms with Gasteiger partial charge in [0, 0.05) is 28.7 Å². The Morgan fingerprint density at radius 2 is 1.97 bits per heavy atom. The molecule has 10 heteroatoms. The van der Waals surface area contributed by atoms with Crippen molar-refractivity contribution in [2.24, 2.45) is 5.73 Å². The van der Waals surface area contributed by atoms with Gasteiger partial charge < -0.3 is 15.4 Å². The lowest BCUT2D eigenvalue weighted by molar-refractivity contribution is 0.0697. The van der Waals surface area contributed by atoms with Crippen molar-refractivity contribution in [2.45, 2.75) is 18.4 Å². The maximum absolute atomic E-state index is 14.3. The Balaban J connectivity index is 0.00000341. The van der Waals surface area contributed by atoms with E-state index >= 15 is 0 Å². The van der Waals surface area contributed by atoms with Crippen LogP contribution in [0.1, 0.15) is 16.1 Å². The van der Waals surface area contributed by atoms with Gasteiger partial charge in [0.2, 0.25) is 10.0 Å². The third-order valence-electron chi connectivity index (χ3n) is 4.92. The maximum Gasteiger partial charge on any atom is 0.335 e. The van der Waals surface area contributed by atoms with Crippen molar-refractivity contribution in [2.75, 3.05) is 13.6 Å². The molecule has 166 valence electrons. The van der Waals surface area contributed by atoms with Crippen molar-refractivity contribution >= 4 is 39.3 Å². The molecule has 3 rings (SSSR count). The highest BCUT2D eigenvalue weighted by Gasteiger charge is 2.20. The SMILES string of the molecule is CNS(=O)(=O)c1cccc(-c2c(C)n(C/C(F)=C/CN)c3ccc(C(=O)O)cc23)c1.Cl. The number of allylic oxidation sites excluding steroid dienone is 1. The van der Waals surface area contributed by atoms with E-state index in [1.807, 2.05) is 0 Å². The molecule has 1 aromatic heterocycles. The Morgan fingerprint density at radius 3 is 2.58 bits per heavy atom. The predicted molar refractivity (Wildman–Crippen MR) is 121 cm³/mol. The van der Waals surface area contributed by atoms with Crippen molar-refractivity contribution in [3.05, 3.63) is 65.6 Å². The van der Waals surface area contributed by atoms with Gasteiger partial charge in [-0.1, -0.05) is 12.1 Å². The Bertz CT molecular complexity index is 1270. The molecule has 0 bridgehead atoms. The largest absolute Gasteiger partial charge is 0.478 e. The van der Waals surface area contributed by atoms with Gasteiger partial charge >= 0.3 is 5.97 Å². The van der Waals surface area contributed by atoms with Gasteiger partial charge in [0.1, 0.15) is 5.83 Å². The summed E-state index contributed by atoms with van der Waals surface area (Å²) in [5, 5.41) is 9.99. The van der Waals surface area contributed by atoms with Crippen LogP contribution >= 0.6 is 12.4 Å². The molecule has 31 heavy (non-hydrogen) atoms. The van der Waals surface area contributed by atoms with Gasteiger partial charge in [-0.3, -0.25) is 0 Å². The van der Waals surface area contributed by atoms with Crippen LogP contribution < -0.4 is 10.5 Å². The van der Waals surface area contributed by atoms with Crippen LogP contribution in [0.4, 0.5) is 4.39 Å². The maximum atomic E-state index is 14.3. The van der Waals surface area contributed by atoms with E-state index in [0.717, 1.165) is 0 Å². The molecule has 7 nitrogen and oxygen atoms in total. The molecule has 2 aromatic carbocycles. The predicted octanol–water partition coefficient (Wildman–Crippen LogP) is 3.46. The third-order valence-corrected chi connectivity index (χ3v) is 6.33. The number of carbonyl (C=O) groups is 1. The molecule has 0 aliphatic carbocycles. The second-order valence-electron chi connectivity index (χ2n) is 6.71. The van der Waals surface area contributed by atoms with Gasteiger partial charge in [-0.05, 0) is 55.9 Å². The number of aromatic nitrogens is 1. The lowest BCUT2D eigenvalue weighted by Crippen LogP contribution is -2.18. The summed E-state index contributed by atoms with van der Waals surface area (Å²) in [7, 11) is -2.35.